The van der Waals surface area contributed by atoms with Crippen LogP contribution in [0.3, 0.4) is 0 Å². The summed E-state index contributed by atoms with van der Waals surface area (Å²) in [6.45, 7) is 3.23. The molecule has 1 fully saturated rings. The van der Waals surface area contributed by atoms with Crippen LogP contribution in [0, 0.1) is 5.92 Å². The minimum atomic E-state index is -3.55. The van der Waals surface area contributed by atoms with Gasteiger partial charge >= 0.3 is 0 Å². The Hall–Kier alpha value is -2.23. The number of nitrogens with two attached hydrogens (primary N) is 1. The standard InChI is InChI=1S/C22H27N3O4S2/c1-14-5-10-17-18(13-14)30-22(19(17)20(23)26)24-21(27)15-6-8-16(9-7-15)31(28,29)25-11-3-2-4-12-25/h6-9,14H,2-5,10-13H2,1H3,(H2,23,26)(H,24,27). The Bertz CT molecular complexity index is 1100. The highest BCUT2D eigenvalue weighted by Crippen LogP contribution is 2.39. The normalized spacial score (nSPS) is 19.6. The molecule has 0 spiro atoms. The number of fused-ring (bicyclic) bond motifs is 1. The minimum absolute atomic E-state index is 0.185. The van der Waals surface area contributed by atoms with Crippen molar-refractivity contribution in [1.82, 2.24) is 4.31 Å². The molecular weight excluding hydrogens is 434 g/mol. The van der Waals surface area contributed by atoms with Crippen molar-refractivity contribution in [3.63, 3.8) is 0 Å². The van der Waals surface area contributed by atoms with E-state index < -0.39 is 21.8 Å². The van der Waals surface area contributed by atoms with E-state index in [0.717, 1.165) is 49.0 Å². The first-order valence-electron chi connectivity index (χ1n) is 10.6. The molecule has 9 heteroatoms. The van der Waals surface area contributed by atoms with Gasteiger partial charge in [0, 0.05) is 23.5 Å². The molecule has 2 amide bonds. The predicted octanol–water partition coefficient (Wildman–Crippen LogP) is 3.40. The number of benzene rings is 1. The third-order valence-electron chi connectivity index (χ3n) is 6.05. The van der Waals surface area contributed by atoms with Gasteiger partial charge in [0.15, 0.2) is 0 Å². The molecule has 0 bridgehead atoms. The molecule has 7 nitrogen and oxygen atoms in total. The van der Waals surface area contributed by atoms with Gasteiger partial charge in [-0.1, -0.05) is 13.3 Å². The zero-order valence-electron chi connectivity index (χ0n) is 17.5. The number of primary amides is 1. The van der Waals surface area contributed by atoms with Crippen LogP contribution >= 0.6 is 11.3 Å². The Labute approximate surface area is 186 Å². The van der Waals surface area contributed by atoms with Crippen LogP contribution in [0.2, 0.25) is 0 Å². The van der Waals surface area contributed by atoms with Gasteiger partial charge in [-0.3, -0.25) is 9.59 Å². The quantitative estimate of drug-likeness (QED) is 0.711. The van der Waals surface area contributed by atoms with Crippen LogP contribution < -0.4 is 11.1 Å². The van der Waals surface area contributed by atoms with E-state index in [4.69, 9.17) is 5.73 Å². The molecule has 1 saturated heterocycles. The lowest BCUT2D eigenvalue weighted by molar-refractivity contribution is 0.1000. The molecule has 1 unspecified atom stereocenters. The van der Waals surface area contributed by atoms with Gasteiger partial charge < -0.3 is 11.1 Å². The number of rotatable bonds is 5. The number of anilines is 1. The SMILES string of the molecule is CC1CCc2c(sc(NC(=O)c3ccc(S(=O)(=O)N4CCCCC4)cc3)c2C(N)=O)C1. The van der Waals surface area contributed by atoms with Crippen LogP contribution in [0.15, 0.2) is 29.2 Å². The number of carbonyl (C=O) groups excluding carboxylic acids is 2. The van der Waals surface area contributed by atoms with Crippen LogP contribution in [0.1, 0.15) is 63.8 Å². The van der Waals surface area contributed by atoms with Crippen molar-refractivity contribution in [1.29, 1.82) is 0 Å². The van der Waals surface area contributed by atoms with Gasteiger partial charge in [0.2, 0.25) is 10.0 Å². The van der Waals surface area contributed by atoms with Crippen LogP contribution in [-0.4, -0.2) is 37.6 Å². The molecule has 166 valence electrons. The Morgan fingerprint density at radius 3 is 2.45 bits per heavy atom. The molecule has 3 N–H and O–H groups in total. The monoisotopic (exact) mass is 461 g/mol. The summed E-state index contributed by atoms with van der Waals surface area (Å²) >= 11 is 1.41. The van der Waals surface area contributed by atoms with Gasteiger partial charge in [-0.2, -0.15) is 4.31 Å². The maximum Gasteiger partial charge on any atom is 0.256 e. The third-order valence-corrected chi connectivity index (χ3v) is 9.14. The van der Waals surface area contributed by atoms with Gasteiger partial charge in [-0.25, -0.2) is 8.42 Å². The van der Waals surface area contributed by atoms with Crippen LogP contribution in [-0.2, 0) is 22.9 Å². The highest BCUT2D eigenvalue weighted by atomic mass is 32.2. The summed E-state index contributed by atoms with van der Waals surface area (Å²) in [6.07, 6.45) is 5.42. The van der Waals surface area contributed by atoms with Crippen LogP contribution in [0.4, 0.5) is 5.00 Å². The maximum atomic E-state index is 12.8. The van der Waals surface area contributed by atoms with E-state index in [0.29, 0.717) is 35.1 Å². The van der Waals surface area contributed by atoms with Gasteiger partial charge in [-0.15, -0.1) is 11.3 Å². The second-order valence-corrected chi connectivity index (χ2v) is 11.4. The van der Waals surface area contributed by atoms with Crippen LogP contribution in [0.5, 0.6) is 0 Å². The number of thiophene rings is 1. The Kier molecular flexibility index (Phi) is 6.18. The largest absolute Gasteiger partial charge is 0.365 e. The molecule has 1 aliphatic heterocycles. The van der Waals surface area contributed by atoms with Gasteiger partial charge in [0.05, 0.1) is 10.5 Å². The number of amides is 2. The fourth-order valence-corrected chi connectivity index (χ4v) is 7.24. The van der Waals surface area contributed by atoms with E-state index in [1.54, 1.807) is 0 Å². The average molecular weight is 462 g/mol. The van der Waals surface area contributed by atoms with Crippen molar-refractivity contribution in [2.45, 2.75) is 50.3 Å². The Balaban J connectivity index is 1.54. The maximum absolute atomic E-state index is 12.8. The van der Waals surface area contributed by atoms with Crippen molar-refractivity contribution in [2.75, 3.05) is 18.4 Å². The summed E-state index contributed by atoms with van der Waals surface area (Å²) < 4.78 is 27.1. The van der Waals surface area contributed by atoms with Crippen molar-refractivity contribution in [3.8, 4) is 0 Å². The summed E-state index contributed by atoms with van der Waals surface area (Å²) in [6, 6.07) is 5.95. The molecule has 2 aliphatic rings. The smallest absolute Gasteiger partial charge is 0.256 e. The summed E-state index contributed by atoms with van der Waals surface area (Å²) in [5, 5.41) is 3.29. The highest BCUT2D eigenvalue weighted by Gasteiger charge is 2.28. The summed E-state index contributed by atoms with van der Waals surface area (Å²) in [5.41, 5.74) is 7.30. The fourth-order valence-electron chi connectivity index (χ4n) is 4.31. The fraction of sp³-hybridized carbons (Fsp3) is 0.455. The third kappa shape index (κ3) is 4.40. The lowest BCUT2D eigenvalue weighted by Crippen LogP contribution is -2.35. The Morgan fingerprint density at radius 2 is 1.81 bits per heavy atom. The number of carbonyl (C=O) groups is 2. The van der Waals surface area contributed by atoms with E-state index in [1.807, 2.05) is 0 Å². The van der Waals surface area contributed by atoms with E-state index >= 15 is 0 Å². The molecule has 1 aromatic heterocycles. The lowest BCUT2D eigenvalue weighted by Gasteiger charge is -2.25. The van der Waals surface area contributed by atoms with Crippen molar-refractivity contribution < 1.29 is 18.0 Å². The molecule has 1 atom stereocenters. The van der Waals surface area contributed by atoms with Gasteiger partial charge in [0.1, 0.15) is 5.00 Å². The topological polar surface area (TPSA) is 110 Å². The van der Waals surface area contributed by atoms with E-state index in [-0.39, 0.29) is 4.90 Å². The minimum Gasteiger partial charge on any atom is -0.365 e. The zero-order chi connectivity index (χ0) is 22.2. The van der Waals surface area contributed by atoms with E-state index in [1.165, 1.54) is 39.9 Å². The number of hydrogen-bond donors (Lipinski definition) is 2. The predicted molar refractivity (Wildman–Crippen MR) is 121 cm³/mol. The van der Waals surface area contributed by atoms with Gasteiger partial charge in [0.25, 0.3) is 11.8 Å². The molecular formula is C22H27N3O4S2. The first-order chi connectivity index (χ1) is 14.8. The molecule has 1 aliphatic carbocycles. The molecule has 1 aromatic carbocycles. The van der Waals surface area contributed by atoms with Crippen molar-refractivity contribution in [2.24, 2.45) is 11.7 Å². The number of nitrogens with one attached hydrogen (secondary N) is 1. The zero-order valence-corrected chi connectivity index (χ0v) is 19.2. The van der Waals surface area contributed by atoms with Crippen molar-refractivity contribution in [3.05, 3.63) is 45.8 Å². The number of piperidine rings is 1. The summed E-state index contributed by atoms with van der Waals surface area (Å²) in [4.78, 5) is 26.2. The molecule has 0 saturated carbocycles. The summed E-state index contributed by atoms with van der Waals surface area (Å²) in [5.74, 6) is -0.397. The second kappa shape index (κ2) is 8.72. The van der Waals surface area contributed by atoms with Gasteiger partial charge in [-0.05, 0) is 67.9 Å². The first-order valence-corrected chi connectivity index (χ1v) is 12.9. The van der Waals surface area contributed by atoms with Crippen molar-refractivity contribution >= 4 is 38.2 Å². The number of nitrogens with zero attached hydrogens (tertiary/aromatic N) is 1. The molecule has 2 aromatic rings. The Morgan fingerprint density at radius 1 is 1.13 bits per heavy atom. The number of hydrogen-bond acceptors (Lipinski definition) is 5. The molecule has 2 heterocycles. The summed E-state index contributed by atoms with van der Waals surface area (Å²) in [7, 11) is -3.55. The number of sulfonamides is 1. The van der Waals surface area contributed by atoms with E-state index in [2.05, 4.69) is 12.2 Å². The average Bonchev–Trinajstić information content (AvgIpc) is 3.11. The second-order valence-electron chi connectivity index (χ2n) is 8.36. The van der Waals surface area contributed by atoms with E-state index in [9.17, 15) is 18.0 Å². The lowest BCUT2D eigenvalue weighted by atomic mass is 9.88. The molecule has 31 heavy (non-hydrogen) atoms. The molecule has 0 radical (unpaired) electrons. The first kappa shape index (κ1) is 22.0. The molecule has 4 rings (SSSR count). The van der Waals surface area contributed by atoms with Crippen LogP contribution in [0.25, 0.3) is 0 Å². The highest BCUT2D eigenvalue weighted by molar-refractivity contribution is 7.89.